The van der Waals surface area contributed by atoms with Gasteiger partial charge in [0.2, 0.25) is 0 Å². The Morgan fingerprint density at radius 1 is 1.10 bits per heavy atom. The van der Waals surface area contributed by atoms with E-state index in [-0.39, 0.29) is 18.8 Å². The molecule has 1 rings (SSSR count). The van der Waals surface area contributed by atoms with E-state index in [1.165, 1.54) is 0 Å². The fourth-order valence-corrected chi connectivity index (χ4v) is 1.85. The standard InChI is InChI=1S/C15H23F2NO2/c1-4-18-14(9-19-10-15(16)17)12-5-7-13(8-6-12)20-11(2)3/h5-8,11,14-15,18H,4,9-10H2,1-3H3. The van der Waals surface area contributed by atoms with Crippen LogP contribution in [0, 0.1) is 0 Å². The van der Waals surface area contributed by atoms with E-state index < -0.39 is 13.0 Å². The summed E-state index contributed by atoms with van der Waals surface area (Å²) in [6, 6.07) is 7.53. The van der Waals surface area contributed by atoms with Crippen molar-refractivity contribution >= 4 is 0 Å². The molecule has 3 nitrogen and oxygen atoms in total. The van der Waals surface area contributed by atoms with Crippen LogP contribution in [0.1, 0.15) is 32.4 Å². The predicted octanol–water partition coefficient (Wildman–Crippen LogP) is 3.41. The Labute approximate surface area is 119 Å². The molecule has 0 aliphatic heterocycles. The first kappa shape index (κ1) is 16.9. The Morgan fingerprint density at radius 2 is 1.75 bits per heavy atom. The summed E-state index contributed by atoms with van der Waals surface area (Å²) in [6.07, 6.45) is -2.31. The van der Waals surface area contributed by atoms with Crippen LogP contribution in [-0.2, 0) is 4.74 Å². The van der Waals surface area contributed by atoms with Crippen molar-refractivity contribution in [1.29, 1.82) is 0 Å². The van der Waals surface area contributed by atoms with Crippen LogP contribution in [0.4, 0.5) is 8.78 Å². The summed E-state index contributed by atoms with van der Waals surface area (Å²) < 4.78 is 34.8. The topological polar surface area (TPSA) is 30.5 Å². The maximum absolute atomic E-state index is 12.1. The predicted molar refractivity (Wildman–Crippen MR) is 75.4 cm³/mol. The number of hydrogen-bond donors (Lipinski definition) is 1. The molecule has 0 aliphatic rings. The molecular formula is C15H23F2NO2. The van der Waals surface area contributed by atoms with Gasteiger partial charge in [-0.25, -0.2) is 8.78 Å². The summed E-state index contributed by atoms with van der Waals surface area (Å²) in [6.45, 7) is 6.34. The highest BCUT2D eigenvalue weighted by Crippen LogP contribution is 2.19. The van der Waals surface area contributed by atoms with Crippen molar-refractivity contribution in [3.05, 3.63) is 29.8 Å². The zero-order valence-corrected chi connectivity index (χ0v) is 12.2. The number of alkyl halides is 2. The molecule has 0 bridgehead atoms. The number of benzene rings is 1. The van der Waals surface area contributed by atoms with Crippen molar-refractivity contribution in [2.24, 2.45) is 0 Å². The second-order valence-electron chi connectivity index (χ2n) is 4.77. The van der Waals surface area contributed by atoms with Gasteiger partial charge in [0.1, 0.15) is 12.4 Å². The van der Waals surface area contributed by atoms with Gasteiger partial charge in [0.15, 0.2) is 0 Å². The third-order valence-corrected chi connectivity index (χ3v) is 2.63. The first-order chi connectivity index (χ1) is 9.52. The Hall–Kier alpha value is -1.20. The lowest BCUT2D eigenvalue weighted by atomic mass is 10.1. The van der Waals surface area contributed by atoms with E-state index in [2.05, 4.69) is 5.32 Å². The Morgan fingerprint density at radius 3 is 2.25 bits per heavy atom. The van der Waals surface area contributed by atoms with E-state index >= 15 is 0 Å². The number of hydrogen-bond acceptors (Lipinski definition) is 3. The minimum absolute atomic E-state index is 0.0909. The summed E-state index contributed by atoms with van der Waals surface area (Å²) in [5.74, 6) is 0.799. The summed E-state index contributed by atoms with van der Waals surface area (Å²) >= 11 is 0. The molecule has 0 radical (unpaired) electrons. The van der Waals surface area contributed by atoms with Gasteiger partial charge in [-0.1, -0.05) is 19.1 Å². The maximum Gasteiger partial charge on any atom is 0.261 e. The van der Waals surface area contributed by atoms with Crippen LogP contribution in [0.3, 0.4) is 0 Å². The van der Waals surface area contributed by atoms with E-state index in [4.69, 9.17) is 9.47 Å². The molecule has 0 aromatic heterocycles. The van der Waals surface area contributed by atoms with Crippen molar-refractivity contribution < 1.29 is 18.3 Å². The van der Waals surface area contributed by atoms with Crippen LogP contribution >= 0.6 is 0 Å². The number of ether oxygens (including phenoxy) is 2. The summed E-state index contributed by atoms with van der Waals surface area (Å²) in [4.78, 5) is 0. The van der Waals surface area contributed by atoms with Crippen LogP contribution in [0.15, 0.2) is 24.3 Å². The quantitative estimate of drug-likeness (QED) is 0.755. The highest BCUT2D eigenvalue weighted by Gasteiger charge is 2.12. The van der Waals surface area contributed by atoms with Crippen LogP contribution in [0.5, 0.6) is 5.75 Å². The minimum atomic E-state index is -2.43. The molecule has 0 aliphatic carbocycles. The lowest BCUT2D eigenvalue weighted by Crippen LogP contribution is -2.26. The molecule has 0 saturated carbocycles. The number of halogens is 2. The second-order valence-corrected chi connectivity index (χ2v) is 4.77. The molecule has 114 valence electrons. The van der Waals surface area contributed by atoms with Crippen molar-refractivity contribution in [2.75, 3.05) is 19.8 Å². The van der Waals surface area contributed by atoms with E-state index in [9.17, 15) is 8.78 Å². The van der Waals surface area contributed by atoms with Crippen LogP contribution in [0.2, 0.25) is 0 Å². The first-order valence-corrected chi connectivity index (χ1v) is 6.88. The molecule has 5 heteroatoms. The maximum atomic E-state index is 12.1. The third kappa shape index (κ3) is 6.30. The van der Waals surface area contributed by atoms with E-state index in [0.717, 1.165) is 17.9 Å². The lowest BCUT2D eigenvalue weighted by Gasteiger charge is -2.19. The number of nitrogens with one attached hydrogen (secondary N) is 1. The van der Waals surface area contributed by atoms with Crippen molar-refractivity contribution in [1.82, 2.24) is 5.32 Å². The molecule has 0 amide bonds. The van der Waals surface area contributed by atoms with Gasteiger partial charge in [-0.15, -0.1) is 0 Å². The fraction of sp³-hybridized carbons (Fsp3) is 0.600. The highest BCUT2D eigenvalue weighted by atomic mass is 19.3. The molecule has 0 fully saturated rings. The van der Waals surface area contributed by atoms with E-state index in [1.54, 1.807) is 0 Å². The van der Waals surface area contributed by atoms with Gasteiger partial charge < -0.3 is 14.8 Å². The first-order valence-electron chi connectivity index (χ1n) is 6.88. The van der Waals surface area contributed by atoms with E-state index in [1.807, 2.05) is 45.0 Å². The monoisotopic (exact) mass is 287 g/mol. The molecule has 1 aromatic rings. The summed E-state index contributed by atoms with van der Waals surface area (Å²) in [7, 11) is 0. The smallest absolute Gasteiger partial charge is 0.261 e. The fourth-order valence-electron chi connectivity index (χ4n) is 1.85. The van der Waals surface area contributed by atoms with Crippen LogP contribution in [0.25, 0.3) is 0 Å². The Balaban J connectivity index is 2.61. The molecule has 1 unspecified atom stereocenters. The zero-order chi connectivity index (χ0) is 15.0. The molecule has 1 aromatic carbocycles. The molecule has 0 spiro atoms. The summed E-state index contributed by atoms with van der Waals surface area (Å²) in [5.41, 5.74) is 0.997. The third-order valence-electron chi connectivity index (χ3n) is 2.63. The molecule has 1 atom stereocenters. The van der Waals surface area contributed by atoms with Crippen LogP contribution in [-0.4, -0.2) is 32.3 Å². The summed E-state index contributed by atoms with van der Waals surface area (Å²) in [5, 5.41) is 3.22. The van der Waals surface area contributed by atoms with Gasteiger partial charge in [-0.3, -0.25) is 0 Å². The molecular weight excluding hydrogens is 264 g/mol. The van der Waals surface area contributed by atoms with Crippen molar-refractivity contribution in [3.8, 4) is 5.75 Å². The Kier molecular flexibility index (Phi) is 7.47. The molecule has 0 heterocycles. The SMILES string of the molecule is CCNC(COCC(F)F)c1ccc(OC(C)C)cc1. The van der Waals surface area contributed by atoms with Crippen molar-refractivity contribution in [3.63, 3.8) is 0 Å². The lowest BCUT2D eigenvalue weighted by molar-refractivity contribution is 0.00934. The molecule has 1 N–H and O–H groups in total. The molecule has 20 heavy (non-hydrogen) atoms. The number of rotatable bonds is 9. The van der Waals surface area contributed by atoms with Gasteiger partial charge >= 0.3 is 0 Å². The van der Waals surface area contributed by atoms with Gasteiger partial charge in [0.25, 0.3) is 6.43 Å². The van der Waals surface area contributed by atoms with E-state index in [0.29, 0.717) is 0 Å². The average molecular weight is 287 g/mol. The zero-order valence-electron chi connectivity index (χ0n) is 12.2. The largest absolute Gasteiger partial charge is 0.491 e. The van der Waals surface area contributed by atoms with Gasteiger partial charge in [0.05, 0.1) is 18.8 Å². The second kappa shape index (κ2) is 8.87. The van der Waals surface area contributed by atoms with Crippen LogP contribution < -0.4 is 10.1 Å². The highest BCUT2D eigenvalue weighted by molar-refractivity contribution is 5.29. The Bertz CT molecular complexity index is 369. The van der Waals surface area contributed by atoms with Gasteiger partial charge in [-0.05, 0) is 38.1 Å². The minimum Gasteiger partial charge on any atom is -0.491 e. The van der Waals surface area contributed by atoms with Gasteiger partial charge in [0, 0.05) is 0 Å². The molecule has 0 saturated heterocycles. The normalized spacial score (nSPS) is 12.9. The average Bonchev–Trinajstić information content (AvgIpc) is 2.37. The van der Waals surface area contributed by atoms with Crippen molar-refractivity contribution in [2.45, 2.75) is 39.3 Å². The van der Waals surface area contributed by atoms with Gasteiger partial charge in [-0.2, -0.15) is 0 Å². The number of likely N-dealkylation sites (N-methyl/N-ethyl adjacent to an activating group) is 1.